The Labute approximate surface area is 119 Å². The van der Waals surface area contributed by atoms with E-state index in [2.05, 4.69) is 13.5 Å². The molecule has 0 amide bonds. The third-order valence-electron chi connectivity index (χ3n) is 3.51. The smallest absolute Gasteiger partial charge is 0.187 e. The predicted molar refractivity (Wildman–Crippen MR) is 73.0 cm³/mol. The highest BCUT2D eigenvalue weighted by molar-refractivity contribution is 4.90. The second-order valence-electron chi connectivity index (χ2n) is 5.10. The first kappa shape index (κ1) is 17.6. The summed E-state index contributed by atoms with van der Waals surface area (Å²) in [5.41, 5.74) is 0. The van der Waals surface area contributed by atoms with Crippen molar-refractivity contribution in [2.45, 2.75) is 69.4 Å². The maximum Gasteiger partial charge on any atom is 0.187 e. The van der Waals surface area contributed by atoms with Crippen LogP contribution in [0, 0.1) is 0 Å². The summed E-state index contributed by atoms with van der Waals surface area (Å²) in [6, 6.07) is 0. The van der Waals surface area contributed by atoms with Crippen LogP contribution < -0.4 is 0 Å². The Morgan fingerprint density at radius 1 is 1.20 bits per heavy atom. The maximum atomic E-state index is 9.86. The van der Waals surface area contributed by atoms with Crippen LogP contribution in [0.25, 0.3) is 0 Å². The molecule has 6 atom stereocenters. The molecule has 1 unspecified atom stereocenters. The van der Waals surface area contributed by atoms with Gasteiger partial charge in [0, 0.05) is 0 Å². The van der Waals surface area contributed by atoms with Crippen molar-refractivity contribution in [3.63, 3.8) is 0 Å². The maximum absolute atomic E-state index is 9.86. The first-order valence-electron chi connectivity index (χ1n) is 7.13. The summed E-state index contributed by atoms with van der Waals surface area (Å²) >= 11 is 0. The Bertz CT molecular complexity index is 283. The third kappa shape index (κ3) is 4.51. The van der Waals surface area contributed by atoms with E-state index in [-0.39, 0.29) is 6.10 Å². The molecule has 1 aliphatic rings. The lowest BCUT2D eigenvalue weighted by atomic mass is 9.99. The van der Waals surface area contributed by atoms with Gasteiger partial charge in [-0.3, -0.25) is 0 Å². The van der Waals surface area contributed by atoms with Gasteiger partial charge in [0.1, 0.15) is 24.4 Å². The Morgan fingerprint density at radius 2 is 1.90 bits per heavy atom. The Morgan fingerprint density at radius 3 is 2.45 bits per heavy atom. The molecule has 0 aromatic heterocycles. The van der Waals surface area contributed by atoms with E-state index in [9.17, 15) is 15.3 Å². The van der Waals surface area contributed by atoms with Gasteiger partial charge >= 0.3 is 0 Å². The molecule has 0 aromatic rings. The van der Waals surface area contributed by atoms with Gasteiger partial charge in [0.25, 0.3) is 0 Å². The summed E-state index contributed by atoms with van der Waals surface area (Å²) in [6.07, 6.45) is -0.983. The molecule has 4 N–H and O–H groups in total. The minimum Gasteiger partial charge on any atom is -0.394 e. The molecule has 6 nitrogen and oxygen atoms in total. The molecule has 0 bridgehead atoms. The average molecular weight is 290 g/mol. The predicted octanol–water partition coefficient (Wildman–Crippen LogP) is -0.0622. The Kier molecular flexibility index (Phi) is 7.65. The van der Waals surface area contributed by atoms with Crippen LogP contribution in [0.2, 0.25) is 0 Å². The van der Waals surface area contributed by atoms with E-state index in [1.54, 1.807) is 6.08 Å². The largest absolute Gasteiger partial charge is 0.394 e. The van der Waals surface area contributed by atoms with E-state index in [0.717, 1.165) is 25.7 Å². The fourth-order valence-corrected chi connectivity index (χ4v) is 2.19. The van der Waals surface area contributed by atoms with E-state index in [1.165, 1.54) is 0 Å². The zero-order valence-electron chi connectivity index (χ0n) is 11.9. The van der Waals surface area contributed by atoms with Crippen molar-refractivity contribution in [1.82, 2.24) is 0 Å². The topological polar surface area (TPSA) is 99.4 Å². The number of ether oxygens (including phenoxy) is 2. The molecule has 0 aliphatic carbocycles. The van der Waals surface area contributed by atoms with Crippen LogP contribution in [0.4, 0.5) is 0 Å². The van der Waals surface area contributed by atoms with Crippen LogP contribution in [0.5, 0.6) is 0 Å². The van der Waals surface area contributed by atoms with E-state index in [4.69, 9.17) is 14.6 Å². The van der Waals surface area contributed by atoms with Gasteiger partial charge in [0.05, 0.1) is 12.7 Å². The highest BCUT2D eigenvalue weighted by Crippen LogP contribution is 2.24. The summed E-state index contributed by atoms with van der Waals surface area (Å²) in [7, 11) is 0. The lowest BCUT2D eigenvalue weighted by Crippen LogP contribution is -2.59. The zero-order valence-corrected chi connectivity index (χ0v) is 11.9. The molecular weight excluding hydrogens is 264 g/mol. The molecule has 0 saturated carbocycles. The monoisotopic (exact) mass is 290 g/mol. The van der Waals surface area contributed by atoms with Gasteiger partial charge in [-0.15, -0.1) is 6.58 Å². The van der Waals surface area contributed by atoms with E-state index >= 15 is 0 Å². The second-order valence-corrected chi connectivity index (χ2v) is 5.10. The fraction of sp³-hybridized carbons (Fsp3) is 0.857. The van der Waals surface area contributed by atoms with Crippen molar-refractivity contribution in [1.29, 1.82) is 0 Å². The molecule has 118 valence electrons. The SMILES string of the molecule is C=CC(CCCCC)O[C@@H]1O[C@H](CO)[C@@H](O)[C@H](O)[C@H]1O. The lowest BCUT2D eigenvalue weighted by molar-refractivity contribution is -0.307. The van der Waals surface area contributed by atoms with Crippen molar-refractivity contribution in [3.05, 3.63) is 12.7 Å². The van der Waals surface area contributed by atoms with Crippen molar-refractivity contribution in [2.24, 2.45) is 0 Å². The van der Waals surface area contributed by atoms with Gasteiger partial charge in [-0.05, 0) is 6.42 Å². The Hall–Kier alpha value is -0.500. The summed E-state index contributed by atoms with van der Waals surface area (Å²) in [5, 5.41) is 38.3. The molecular formula is C14H26O6. The molecule has 1 fully saturated rings. The van der Waals surface area contributed by atoms with Crippen LogP contribution in [0.1, 0.15) is 32.6 Å². The molecule has 20 heavy (non-hydrogen) atoms. The minimum atomic E-state index is -1.41. The fourth-order valence-electron chi connectivity index (χ4n) is 2.19. The number of aliphatic hydroxyl groups excluding tert-OH is 4. The molecule has 1 saturated heterocycles. The second kappa shape index (κ2) is 8.71. The highest BCUT2D eigenvalue weighted by Gasteiger charge is 2.44. The van der Waals surface area contributed by atoms with Crippen LogP contribution >= 0.6 is 0 Å². The molecule has 1 rings (SSSR count). The van der Waals surface area contributed by atoms with Crippen molar-refractivity contribution in [2.75, 3.05) is 6.61 Å². The first-order chi connectivity index (χ1) is 9.54. The average Bonchev–Trinajstić information content (AvgIpc) is 2.46. The third-order valence-corrected chi connectivity index (χ3v) is 3.51. The standard InChI is InChI=1S/C14H26O6/c1-3-5-6-7-9(4-2)19-14-13(18)12(17)11(16)10(8-15)20-14/h4,9-18H,2-3,5-8H2,1H3/t9?,10-,11-,12+,13-,14-/m1/s1. The summed E-state index contributed by atoms with van der Waals surface area (Å²) in [6.45, 7) is 5.32. The molecule has 0 aromatic carbocycles. The molecule has 1 heterocycles. The summed E-state index contributed by atoms with van der Waals surface area (Å²) in [5.74, 6) is 0. The van der Waals surface area contributed by atoms with Crippen LogP contribution in [-0.4, -0.2) is 63.8 Å². The van der Waals surface area contributed by atoms with Gasteiger partial charge in [-0.25, -0.2) is 0 Å². The van der Waals surface area contributed by atoms with Gasteiger partial charge in [-0.2, -0.15) is 0 Å². The van der Waals surface area contributed by atoms with E-state index in [1.807, 2.05) is 0 Å². The van der Waals surface area contributed by atoms with Gasteiger partial charge < -0.3 is 29.9 Å². The molecule has 0 spiro atoms. The number of aliphatic hydroxyl groups is 4. The van der Waals surface area contributed by atoms with E-state index < -0.39 is 37.3 Å². The van der Waals surface area contributed by atoms with Crippen LogP contribution in [-0.2, 0) is 9.47 Å². The molecule has 0 radical (unpaired) electrons. The van der Waals surface area contributed by atoms with Crippen molar-refractivity contribution in [3.8, 4) is 0 Å². The van der Waals surface area contributed by atoms with Crippen molar-refractivity contribution < 1.29 is 29.9 Å². The Balaban J connectivity index is 2.57. The number of unbranched alkanes of at least 4 members (excludes halogenated alkanes) is 2. The highest BCUT2D eigenvalue weighted by atomic mass is 16.7. The van der Waals surface area contributed by atoms with Gasteiger partial charge in [0.2, 0.25) is 0 Å². The quantitative estimate of drug-likeness (QED) is 0.369. The van der Waals surface area contributed by atoms with Gasteiger partial charge in [0.15, 0.2) is 6.29 Å². The van der Waals surface area contributed by atoms with Crippen LogP contribution in [0.3, 0.4) is 0 Å². The lowest BCUT2D eigenvalue weighted by Gasteiger charge is -2.40. The van der Waals surface area contributed by atoms with Crippen molar-refractivity contribution >= 4 is 0 Å². The van der Waals surface area contributed by atoms with Gasteiger partial charge in [-0.1, -0.05) is 32.3 Å². The van der Waals surface area contributed by atoms with Crippen LogP contribution in [0.15, 0.2) is 12.7 Å². The minimum absolute atomic E-state index is 0.303. The molecule has 6 heteroatoms. The molecule has 1 aliphatic heterocycles. The number of hydrogen-bond acceptors (Lipinski definition) is 6. The first-order valence-corrected chi connectivity index (χ1v) is 7.13. The zero-order chi connectivity index (χ0) is 15.1. The number of hydrogen-bond donors (Lipinski definition) is 4. The van der Waals surface area contributed by atoms with E-state index in [0.29, 0.717) is 0 Å². The number of rotatable bonds is 8. The normalized spacial score (nSPS) is 35.8. The summed E-state index contributed by atoms with van der Waals surface area (Å²) < 4.78 is 10.9. The summed E-state index contributed by atoms with van der Waals surface area (Å²) in [4.78, 5) is 0.